The van der Waals surface area contributed by atoms with E-state index in [1.165, 1.54) is 20.8 Å². The predicted molar refractivity (Wildman–Crippen MR) is 139 cm³/mol. The molecule has 1 N–H and O–H groups in total. The molecule has 3 fully saturated rings. The number of aliphatic hydroxyl groups is 1. The van der Waals surface area contributed by atoms with Crippen LogP contribution in [0.1, 0.15) is 58.3 Å². The maximum absolute atomic E-state index is 13.5. The van der Waals surface area contributed by atoms with Gasteiger partial charge in [-0.2, -0.15) is 0 Å². The molecule has 2 bridgehead atoms. The Labute approximate surface area is 232 Å². The molecule has 0 unspecified atom stereocenters. The molecule has 2 aliphatic carbocycles. The Hall–Kier alpha value is -3.08. The van der Waals surface area contributed by atoms with Gasteiger partial charge >= 0.3 is 17.9 Å². The summed E-state index contributed by atoms with van der Waals surface area (Å²) in [5.41, 5.74) is -1.35. The fourth-order valence-corrected chi connectivity index (χ4v) is 7.62. The van der Waals surface area contributed by atoms with E-state index in [0.717, 1.165) is 0 Å². The smallest absolute Gasteiger partial charge is 0.338 e. The lowest BCUT2D eigenvalue weighted by Crippen LogP contribution is -2.75. The zero-order valence-corrected chi connectivity index (χ0v) is 23.5. The molecular weight excluding hydrogens is 520 g/mol. The van der Waals surface area contributed by atoms with Crippen molar-refractivity contribution < 1.29 is 48.0 Å². The number of esters is 3. The van der Waals surface area contributed by atoms with Crippen LogP contribution in [0.3, 0.4) is 0 Å². The van der Waals surface area contributed by atoms with E-state index in [9.17, 15) is 24.3 Å². The highest BCUT2D eigenvalue weighted by molar-refractivity contribution is 5.94. The number of hydrogen-bond acceptors (Lipinski definition) is 10. The molecule has 0 aromatic heterocycles. The second kappa shape index (κ2) is 9.78. The molecule has 9 atom stereocenters. The largest absolute Gasteiger partial charge is 0.457 e. The maximum atomic E-state index is 13.5. The molecule has 0 amide bonds. The van der Waals surface area contributed by atoms with E-state index in [4.69, 9.17) is 23.7 Å². The predicted octanol–water partition coefficient (Wildman–Crippen LogP) is 2.76. The van der Waals surface area contributed by atoms with Crippen LogP contribution in [0.25, 0.3) is 0 Å². The minimum absolute atomic E-state index is 0.0777. The summed E-state index contributed by atoms with van der Waals surface area (Å²) in [4.78, 5) is 50.8. The summed E-state index contributed by atoms with van der Waals surface area (Å²) >= 11 is 0. The number of benzene rings is 1. The second-order valence-corrected chi connectivity index (χ2v) is 12.1. The molecule has 0 radical (unpaired) electrons. The first-order chi connectivity index (χ1) is 18.7. The van der Waals surface area contributed by atoms with Gasteiger partial charge in [0.05, 0.1) is 12.2 Å². The van der Waals surface area contributed by atoms with Gasteiger partial charge in [0.1, 0.15) is 18.3 Å². The molecule has 1 aromatic rings. The van der Waals surface area contributed by atoms with Gasteiger partial charge in [0.25, 0.3) is 0 Å². The molecule has 2 aliphatic heterocycles. The van der Waals surface area contributed by atoms with Crippen LogP contribution >= 0.6 is 0 Å². The van der Waals surface area contributed by atoms with Gasteiger partial charge in [-0.15, -0.1) is 0 Å². The van der Waals surface area contributed by atoms with Crippen LogP contribution in [-0.2, 0) is 38.1 Å². The van der Waals surface area contributed by atoms with E-state index in [1.54, 1.807) is 36.4 Å². The molecular formula is C30H36O10. The molecule has 1 saturated heterocycles. The standard InChI is InChI=1S/C30H36O10/c1-15(31)19-12-22-29(6)21(13-23(37-16(2)32)30(22)36-14-20(19)40-30)28(4,5)25(34)24(38-17(3)33)26(29)39-27(35)18-10-8-7-9-11-18/h7-12,20-26,34H,13-14H2,1-6H3/t20-,21-,22+,23+,24-,25+,26-,29-,30-/m0/s1. The quantitative estimate of drug-likeness (QED) is 0.426. The topological polar surface area (TPSA) is 135 Å². The highest BCUT2D eigenvalue weighted by Crippen LogP contribution is 2.67. The minimum Gasteiger partial charge on any atom is -0.457 e. The Morgan fingerprint density at radius 3 is 2.20 bits per heavy atom. The Bertz CT molecular complexity index is 1250. The first kappa shape index (κ1) is 28.4. The third kappa shape index (κ3) is 4.19. The highest BCUT2D eigenvalue weighted by Gasteiger charge is 2.75. The summed E-state index contributed by atoms with van der Waals surface area (Å²) in [6.07, 6.45) is -3.18. The van der Waals surface area contributed by atoms with E-state index < -0.39 is 76.9 Å². The van der Waals surface area contributed by atoms with Crippen molar-refractivity contribution in [1.82, 2.24) is 0 Å². The number of ether oxygens (including phenoxy) is 5. The summed E-state index contributed by atoms with van der Waals surface area (Å²) in [6.45, 7) is 9.60. The van der Waals surface area contributed by atoms with Crippen LogP contribution in [0, 0.1) is 22.7 Å². The van der Waals surface area contributed by atoms with Gasteiger partial charge in [-0.05, 0) is 36.8 Å². The van der Waals surface area contributed by atoms with Crippen molar-refractivity contribution in [3.8, 4) is 0 Å². The Kier molecular flexibility index (Phi) is 6.96. The first-order valence-electron chi connectivity index (χ1n) is 13.6. The Morgan fingerprint density at radius 2 is 1.60 bits per heavy atom. The number of ketones is 1. The van der Waals surface area contributed by atoms with Crippen molar-refractivity contribution >= 4 is 23.7 Å². The average molecular weight is 557 g/mol. The Morgan fingerprint density at radius 1 is 0.950 bits per heavy atom. The van der Waals surface area contributed by atoms with Crippen LogP contribution in [0.5, 0.6) is 0 Å². The Balaban J connectivity index is 1.72. The zero-order valence-electron chi connectivity index (χ0n) is 23.5. The van der Waals surface area contributed by atoms with Crippen LogP contribution in [-0.4, -0.2) is 71.7 Å². The normalized spacial score (nSPS) is 39.2. The number of carbonyl (C=O) groups is 4. The number of carbonyl (C=O) groups excluding carboxylic acids is 4. The molecule has 2 heterocycles. The van der Waals surface area contributed by atoms with Gasteiger partial charge in [0.2, 0.25) is 5.79 Å². The number of hydrogen-bond donors (Lipinski definition) is 1. The number of fused-ring (bicyclic) bond motifs is 3. The van der Waals surface area contributed by atoms with Crippen LogP contribution in [0.2, 0.25) is 0 Å². The monoisotopic (exact) mass is 556 g/mol. The lowest BCUT2D eigenvalue weighted by molar-refractivity contribution is -0.344. The van der Waals surface area contributed by atoms with Crippen molar-refractivity contribution in [2.24, 2.45) is 22.7 Å². The maximum Gasteiger partial charge on any atom is 0.338 e. The molecule has 1 spiro atoms. The van der Waals surface area contributed by atoms with E-state index in [0.29, 0.717) is 5.57 Å². The molecule has 2 saturated carbocycles. The van der Waals surface area contributed by atoms with Crippen molar-refractivity contribution in [3.05, 3.63) is 47.5 Å². The summed E-state index contributed by atoms with van der Waals surface area (Å²) in [5.74, 6) is -4.77. The third-order valence-electron chi connectivity index (χ3n) is 9.38. The summed E-state index contributed by atoms with van der Waals surface area (Å²) in [7, 11) is 0. The molecule has 40 heavy (non-hydrogen) atoms. The average Bonchev–Trinajstić information content (AvgIpc) is 3.24. The molecule has 216 valence electrons. The summed E-state index contributed by atoms with van der Waals surface area (Å²) in [6, 6.07) is 8.38. The van der Waals surface area contributed by atoms with Gasteiger partial charge in [-0.3, -0.25) is 14.4 Å². The number of Topliss-reactive ketones (excluding diaryl/α,β-unsaturated/α-hetero) is 1. The second-order valence-electron chi connectivity index (χ2n) is 12.1. The zero-order chi connectivity index (χ0) is 29.2. The van der Waals surface area contributed by atoms with Gasteiger partial charge in [-0.25, -0.2) is 4.79 Å². The van der Waals surface area contributed by atoms with E-state index >= 15 is 0 Å². The number of aliphatic hydroxyl groups excluding tert-OH is 1. The fourth-order valence-electron chi connectivity index (χ4n) is 7.62. The van der Waals surface area contributed by atoms with Crippen LogP contribution in [0.15, 0.2) is 42.0 Å². The van der Waals surface area contributed by atoms with Crippen LogP contribution < -0.4 is 0 Å². The van der Waals surface area contributed by atoms with E-state index in [-0.39, 0.29) is 24.4 Å². The minimum atomic E-state index is -1.48. The van der Waals surface area contributed by atoms with Crippen molar-refractivity contribution in [3.63, 3.8) is 0 Å². The summed E-state index contributed by atoms with van der Waals surface area (Å²) in [5, 5.41) is 11.7. The molecule has 10 heteroatoms. The number of rotatable bonds is 5. The molecule has 4 aliphatic rings. The van der Waals surface area contributed by atoms with E-state index in [2.05, 4.69) is 0 Å². The lowest BCUT2D eigenvalue weighted by Gasteiger charge is -2.66. The van der Waals surface area contributed by atoms with Gasteiger partial charge < -0.3 is 28.8 Å². The summed E-state index contributed by atoms with van der Waals surface area (Å²) < 4.78 is 30.4. The highest BCUT2D eigenvalue weighted by atomic mass is 16.8. The van der Waals surface area contributed by atoms with Crippen molar-refractivity contribution in [1.29, 1.82) is 0 Å². The molecule has 10 nitrogen and oxygen atoms in total. The van der Waals surface area contributed by atoms with Crippen molar-refractivity contribution in [2.75, 3.05) is 6.61 Å². The van der Waals surface area contributed by atoms with Crippen LogP contribution in [0.4, 0.5) is 0 Å². The van der Waals surface area contributed by atoms with Gasteiger partial charge in [0.15, 0.2) is 18.0 Å². The lowest BCUT2D eigenvalue weighted by atomic mass is 9.43. The first-order valence-corrected chi connectivity index (χ1v) is 13.6. The van der Waals surface area contributed by atoms with Crippen molar-refractivity contribution in [2.45, 2.75) is 84.3 Å². The van der Waals surface area contributed by atoms with Gasteiger partial charge in [-0.1, -0.05) is 45.0 Å². The third-order valence-corrected chi connectivity index (χ3v) is 9.38. The molecule has 1 aromatic carbocycles. The van der Waals surface area contributed by atoms with Gasteiger partial charge in [0, 0.05) is 30.8 Å². The molecule has 5 rings (SSSR count). The SMILES string of the molecule is CC(=O)O[C@H]1[C@@H](O)C(C)(C)[C@@H]2C[C@@H](OC(C)=O)[C@@]34OC[C@H](O3)C(C(C)=O)=C[C@@H]4[C@@]2(C)[C@H]1OC(=O)c1ccccc1. The fraction of sp³-hybridized carbons (Fsp3) is 0.600. The van der Waals surface area contributed by atoms with E-state index in [1.807, 2.05) is 20.8 Å².